The molecule has 0 aromatic heterocycles. The van der Waals surface area contributed by atoms with E-state index < -0.39 is 0 Å². The van der Waals surface area contributed by atoms with E-state index in [1.54, 1.807) is 0 Å². The normalized spacial score (nSPS) is 28.9. The van der Waals surface area contributed by atoms with Gasteiger partial charge in [0.2, 0.25) is 0 Å². The molecule has 0 aromatic carbocycles. The van der Waals surface area contributed by atoms with Gasteiger partial charge < -0.3 is 4.90 Å². The highest BCUT2D eigenvalue weighted by atomic mass is 15.1. The molecule has 0 atom stereocenters. The fraction of sp³-hybridized carbons (Fsp3) is 1.00. The summed E-state index contributed by atoms with van der Waals surface area (Å²) >= 11 is 0. The van der Waals surface area contributed by atoms with Gasteiger partial charge in [-0.15, -0.1) is 0 Å². The SMILES string of the molecule is CN1CCC(C2CCCCCC2)CC1. The lowest BCUT2D eigenvalue weighted by Gasteiger charge is -2.34. The van der Waals surface area contributed by atoms with Crippen LogP contribution >= 0.6 is 0 Å². The topological polar surface area (TPSA) is 3.24 Å². The Hall–Kier alpha value is -0.0400. The number of hydrogen-bond acceptors (Lipinski definition) is 1. The molecule has 0 amide bonds. The molecule has 0 aromatic rings. The van der Waals surface area contributed by atoms with Crippen molar-refractivity contribution in [3.05, 3.63) is 0 Å². The lowest BCUT2D eigenvalue weighted by Crippen LogP contribution is -2.33. The molecule has 0 unspecified atom stereocenters. The molecule has 2 rings (SSSR count). The number of piperidine rings is 1. The van der Waals surface area contributed by atoms with Crippen molar-refractivity contribution in [1.82, 2.24) is 4.90 Å². The molecule has 0 radical (unpaired) electrons. The van der Waals surface area contributed by atoms with E-state index >= 15 is 0 Å². The zero-order chi connectivity index (χ0) is 9.80. The number of nitrogens with zero attached hydrogens (tertiary/aromatic N) is 1. The zero-order valence-electron chi connectivity index (χ0n) is 9.67. The summed E-state index contributed by atoms with van der Waals surface area (Å²) in [5.74, 6) is 2.16. The van der Waals surface area contributed by atoms with Crippen LogP contribution in [-0.2, 0) is 0 Å². The van der Waals surface area contributed by atoms with E-state index in [9.17, 15) is 0 Å². The van der Waals surface area contributed by atoms with Crippen molar-refractivity contribution in [3.63, 3.8) is 0 Å². The quantitative estimate of drug-likeness (QED) is 0.580. The van der Waals surface area contributed by atoms with Gasteiger partial charge in [0.15, 0.2) is 0 Å². The highest BCUT2D eigenvalue weighted by molar-refractivity contribution is 4.78. The molecule has 1 aliphatic carbocycles. The second-order valence-corrected chi connectivity index (χ2v) is 5.39. The molecule has 0 N–H and O–H groups in total. The van der Waals surface area contributed by atoms with Gasteiger partial charge in [-0.25, -0.2) is 0 Å². The monoisotopic (exact) mass is 195 g/mol. The van der Waals surface area contributed by atoms with Crippen LogP contribution in [0.4, 0.5) is 0 Å². The Kier molecular flexibility index (Phi) is 3.86. The third kappa shape index (κ3) is 2.73. The van der Waals surface area contributed by atoms with Crippen molar-refractivity contribution >= 4 is 0 Å². The molecular formula is C13H25N. The van der Waals surface area contributed by atoms with Crippen LogP contribution < -0.4 is 0 Å². The van der Waals surface area contributed by atoms with Crippen LogP contribution in [0.15, 0.2) is 0 Å². The van der Waals surface area contributed by atoms with Crippen LogP contribution in [0.3, 0.4) is 0 Å². The Balaban J connectivity index is 1.81. The molecule has 14 heavy (non-hydrogen) atoms. The lowest BCUT2D eigenvalue weighted by molar-refractivity contribution is 0.160. The average Bonchev–Trinajstić information content (AvgIpc) is 2.47. The van der Waals surface area contributed by atoms with Crippen LogP contribution in [0.1, 0.15) is 51.4 Å². The molecule has 2 fully saturated rings. The van der Waals surface area contributed by atoms with E-state index in [4.69, 9.17) is 0 Å². The van der Waals surface area contributed by atoms with Gasteiger partial charge in [0.25, 0.3) is 0 Å². The Morgan fingerprint density at radius 2 is 1.21 bits per heavy atom. The summed E-state index contributed by atoms with van der Waals surface area (Å²) in [6.07, 6.45) is 12.0. The maximum Gasteiger partial charge on any atom is -0.00190 e. The van der Waals surface area contributed by atoms with E-state index in [0.717, 1.165) is 11.8 Å². The summed E-state index contributed by atoms with van der Waals surface area (Å²) in [4.78, 5) is 2.49. The summed E-state index contributed by atoms with van der Waals surface area (Å²) in [5.41, 5.74) is 0. The van der Waals surface area contributed by atoms with Crippen LogP contribution in [-0.4, -0.2) is 25.0 Å². The number of rotatable bonds is 1. The average molecular weight is 195 g/mol. The van der Waals surface area contributed by atoms with Gasteiger partial charge in [0, 0.05) is 0 Å². The summed E-state index contributed by atoms with van der Waals surface area (Å²) < 4.78 is 0. The van der Waals surface area contributed by atoms with Crippen molar-refractivity contribution < 1.29 is 0 Å². The molecule has 1 nitrogen and oxygen atoms in total. The van der Waals surface area contributed by atoms with Gasteiger partial charge in [0.1, 0.15) is 0 Å². The van der Waals surface area contributed by atoms with Crippen molar-refractivity contribution in [2.45, 2.75) is 51.4 Å². The Bertz CT molecular complexity index is 151. The minimum Gasteiger partial charge on any atom is -0.306 e. The Labute approximate surface area is 88.9 Å². The van der Waals surface area contributed by atoms with E-state index in [1.165, 1.54) is 64.5 Å². The van der Waals surface area contributed by atoms with E-state index in [2.05, 4.69) is 11.9 Å². The van der Waals surface area contributed by atoms with Crippen molar-refractivity contribution in [3.8, 4) is 0 Å². The van der Waals surface area contributed by atoms with Crippen LogP contribution in [0.25, 0.3) is 0 Å². The molecule has 82 valence electrons. The molecule has 2 aliphatic rings. The van der Waals surface area contributed by atoms with Gasteiger partial charge in [-0.3, -0.25) is 0 Å². The molecule has 1 saturated carbocycles. The predicted octanol–water partition coefficient (Wildman–Crippen LogP) is 3.30. The van der Waals surface area contributed by atoms with Crippen molar-refractivity contribution in [2.24, 2.45) is 11.8 Å². The molecule has 1 heteroatoms. The highest BCUT2D eigenvalue weighted by Crippen LogP contribution is 2.34. The standard InChI is InChI=1S/C13H25N/c1-14-10-8-13(9-11-14)12-6-4-2-3-5-7-12/h12-13H,2-11H2,1H3. The third-order valence-corrected chi connectivity index (χ3v) is 4.33. The molecule has 0 bridgehead atoms. The molecule has 1 aliphatic heterocycles. The lowest BCUT2D eigenvalue weighted by atomic mass is 9.80. The van der Waals surface area contributed by atoms with Gasteiger partial charge in [-0.2, -0.15) is 0 Å². The minimum atomic E-state index is 1.07. The minimum absolute atomic E-state index is 1.07. The fourth-order valence-electron chi connectivity index (χ4n) is 3.28. The molecule has 1 saturated heterocycles. The van der Waals surface area contributed by atoms with Gasteiger partial charge in [0.05, 0.1) is 0 Å². The summed E-state index contributed by atoms with van der Waals surface area (Å²) in [7, 11) is 2.27. The Morgan fingerprint density at radius 3 is 1.79 bits per heavy atom. The van der Waals surface area contributed by atoms with E-state index in [-0.39, 0.29) is 0 Å². The molecule has 0 spiro atoms. The van der Waals surface area contributed by atoms with Gasteiger partial charge in [-0.1, -0.05) is 38.5 Å². The van der Waals surface area contributed by atoms with Gasteiger partial charge in [-0.05, 0) is 44.8 Å². The first kappa shape index (κ1) is 10.5. The Morgan fingerprint density at radius 1 is 0.714 bits per heavy atom. The second-order valence-electron chi connectivity index (χ2n) is 5.39. The van der Waals surface area contributed by atoms with Gasteiger partial charge >= 0.3 is 0 Å². The maximum absolute atomic E-state index is 2.49. The second kappa shape index (κ2) is 5.16. The van der Waals surface area contributed by atoms with Crippen LogP contribution in [0.2, 0.25) is 0 Å². The van der Waals surface area contributed by atoms with E-state index in [0.29, 0.717) is 0 Å². The maximum atomic E-state index is 2.49. The predicted molar refractivity (Wildman–Crippen MR) is 61.4 cm³/mol. The molecular weight excluding hydrogens is 170 g/mol. The number of hydrogen-bond donors (Lipinski definition) is 0. The summed E-state index contributed by atoms with van der Waals surface area (Å²) in [5, 5.41) is 0. The number of likely N-dealkylation sites (tertiary alicyclic amines) is 1. The summed E-state index contributed by atoms with van der Waals surface area (Å²) in [6.45, 7) is 2.70. The highest BCUT2D eigenvalue weighted by Gasteiger charge is 2.25. The third-order valence-electron chi connectivity index (χ3n) is 4.33. The molecule has 1 heterocycles. The van der Waals surface area contributed by atoms with Crippen LogP contribution in [0.5, 0.6) is 0 Å². The zero-order valence-corrected chi connectivity index (χ0v) is 9.67. The van der Waals surface area contributed by atoms with Crippen LogP contribution in [0, 0.1) is 11.8 Å². The summed E-state index contributed by atoms with van der Waals surface area (Å²) in [6, 6.07) is 0. The van der Waals surface area contributed by atoms with Crippen molar-refractivity contribution in [2.75, 3.05) is 20.1 Å². The first-order valence-corrected chi connectivity index (χ1v) is 6.55. The largest absolute Gasteiger partial charge is 0.306 e. The fourth-order valence-corrected chi connectivity index (χ4v) is 3.28. The van der Waals surface area contributed by atoms with Crippen molar-refractivity contribution in [1.29, 1.82) is 0 Å². The first-order chi connectivity index (χ1) is 6.86. The smallest absolute Gasteiger partial charge is 0.00190 e. The first-order valence-electron chi connectivity index (χ1n) is 6.55. The van der Waals surface area contributed by atoms with E-state index in [1.807, 2.05) is 0 Å².